The molecule has 2 atom stereocenters. The minimum atomic E-state index is -0.917. The number of aliphatic carboxylic acids is 1. The first-order valence-corrected chi connectivity index (χ1v) is 8.76. The number of hydrogen-bond acceptors (Lipinski definition) is 4. The molecule has 2 N–H and O–H groups in total. The van der Waals surface area contributed by atoms with E-state index in [0.29, 0.717) is 19.4 Å². The number of benzene rings is 1. The van der Waals surface area contributed by atoms with Crippen LogP contribution in [0, 0.1) is 0 Å². The first-order valence-electron chi connectivity index (χ1n) is 7.88. The van der Waals surface area contributed by atoms with Gasteiger partial charge in [0.15, 0.2) is 0 Å². The predicted octanol–water partition coefficient (Wildman–Crippen LogP) is 2.70. The molecule has 1 heterocycles. The van der Waals surface area contributed by atoms with E-state index in [1.807, 2.05) is 37.3 Å². The Labute approximate surface area is 140 Å². The average molecular weight is 337 g/mol. The van der Waals surface area contributed by atoms with Gasteiger partial charge in [-0.3, -0.25) is 9.59 Å². The standard InChI is InChI=1S/C17H23NO4S/c1-2-14(23-13-7-4-3-5-8-13)16(21)18-17(11-15(19)20)9-6-10-22-12-17/h3-5,7-8,14H,2,6,9-12H2,1H3,(H,18,21)(H,19,20). The van der Waals surface area contributed by atoms with Crippen LogP contribution in [0.25, 0.3) is 0 Å². The van der Waals surface area contributed by atoms with Gasteiger partial charge in [0, 0.05) is 11.5 Å². The summed E-state index contributed by atoms with van der Waals surface area (Å²) in [5, 5.41) is 11.9. The third-order valence-electron chi connectivity index (χ3n) is 3.89. The summed E-state index contributed by atoms with van der Waals surface area (Å²) >= 11 is 1.50. The fourth-order valence-electron chi connectivity index (χ4n) is 2.75. The first kappa shape index (κ1) is 17.8. The molecule has 2 unspecified atom stereocenters. The fourth-order valence-corrected chi connectivity index (χ4v) is 3.73. The maximum Gasteiger partial charge on any atom is 0.305 e. The number of carbonyl (C=O) groups excluding carboxylic acids is 1. The molecule has 1 aromatic rings. The molecule has 1 fully saturated rings. The number of thioether (sulfide) groups is 1. The van der Waals surface area contributed by atoms with E-state index in [4.69, 9.17) is 9.84 Å². The molecule has 6 heteroatoms. The monoisotopic (exact) mass is 337 g/mol. The summed E-state index contributed by atoms with van der Waals surface area (Å²) < 4.78 is 5.43. The van der Waals surface area contributed by atoms with E-state index in [-0.39, 0.29) is 24.2 Å². The van der Waals surface area contributed by atoms with E-state index in [1.165, 1.54) is 11.8 Å². The highest BCUT2D eigenvalue weighted by Gasteiger charge is 2.38. The molecule has 0 radical (unpaired) electrons. The van der Waals surface area contributed by atoms with Crippen LogP contribution in [-0.2, 0) is 14.3 Å². The van der Waals surface area contributed by atoms with Gasteiger partial charge in [-0.25, -0.2) is 0 Å². The van der Waals surface area contributed by atoms with Gasteiger partial charge in [0.1, 0.15) is 0 Å². The zero-order chi connectivity index (χ0) is 16.7. The van der Waals surface area contributed by atoms with Crippen LogP contribution >= 0.6 is 11.8 Å². The smallest absolute Gasteiger partial charge is 0.305 e. The van der Waals surface area contributed by atoms with Gasteiger partial charge in [0.25, 0.3) is 0 Å². The number of ether oxygens (including phenoxy) is 1. The molecule has 23 heavy (non-hydrogen) atoms. The van der Waals surface area contributed by atoms with Crippen LogP contribution in [0.15, 0.2) is 35.2 Å². The summed E-state index contributed by atoms with van der Waals surface area (Å²) in [5.41, 5.74) is -0.786. The van der Waals surface area contributed by atoms with Crippen LogP contribution in [-0.4, -0.2) is 41.0 Å². The summed E-state index contributed by atoms with van der Waals surface area (Å²) in [4.78, 5) is 24.9. The van der Waals surface area contributed by atoms with Crippen LogP contribution in [0.5, 0.6) is 0 Å². The van der Waals surface area contributed by atoms with Crippen LogP contribution in [0.3, 0.4) is 0 Å². The van der Waals surface area contributed by atoms with Crippen molar-refractivity contribution in [1.82, 2.24) is 5.32 Å². The Morgan fingerprint density at radius 2 is 2.13 bits per heavy atom. The predicted molar refractivity (Wildman–Crippen MR) is 89.6 cm³/mol. The summed E-state index contributed by atoms with van der Waals surface area (Å²) in [6.45, 7) is 2.84. The molecule has 1 aliphatic rings. The second-order valence-electron chi connectivity index (χ2n) is 5.82. The lowest BCUT2D eigenvalue weighted by molar-refractivity contribution is -0.141. The molecule has 126 valence electrons. The lowest BCUT2D eigenvalue weighted by Crippen LogP contribution is -2.56. The van der Waals surface area contributed by atoms with E-state index in [1.54, 1.807) is 0 Å². The molecule has 2 rings (SSSR count). The number of nitrogens with one attached hydrogen (secondary N) is 1. The van der Waals surface area contributed by atoms with Gasteiger partial charge in [-0.2, -0.15) is 0 Å². The zero-order valence-corrected chi connectivity index (χ0v) is 14.1. The van der Waals surface area contributed by atoms with E-state index in [2.05, 4.69) is 5.32 Å². The topological polar surface area (TPSA) is 75.6 Å². The summed E-state index contributed by atoms with van der Waals surface area (Å²) in [7, 11) is 0. The molecule has 0 bridgehead atoms. The van der Waals surface area contributed by atoms with Gasteiger partial charge in [-0.15, -0.1) is 11.8 Å². The van der Waals surface area contributed by atoms with Crippen LogP contribution in [0.2, 0.25) is 0 Å². The number of hydrogen-bond donors (Lipinski definition) is 2. The Kier molecular flexibility index (Phi) is 6.47. The van der Waals surface area contributed by atoms with Crippen LogP contribution in [0.1, 0.15) is 32.6 Å². The highest BCUT2D eigenvalue weighted by molar-refractivity contribution is 8.00. The van der Waals surface area contributed by atoms with E-state index in [0.717, 1.165) is 11.3 Å². The minimum absolute atomic E-state index is 0.106. The normalized spacial score (nSPS) is 22.3. The molecule has 1 aliphatic heterocycles. The Morgan fingerprint density at radius 1 is 1.39 bits per heavy atom. The van der Waals surface area contributed by atoms with Crippen LogP contribution in [0.4, 0.5) is 0 Å². The van der Waals surface area contributed by atoms with Crippen molar-refractivity contribution in [2.45, 2.75) is 48.3 Å². The SMILES string of the molecule is CCC(Sc1ccccc1)C(=O)NC1(CC(=O)O)CCCOC1. The second-order valence-corrected chi connectivity index (χ2v) is 7.10. The molecule has 5 nitrogen and oxygen atoms in total. The van der Waals surface area contributed by atoms with Crippen molar-refractivity contribution < 1.29 is 19.4 Å². The highest BCUT2D eigenvalue weighted by atomic mass is 32.2. The summed E-state index contributed by atoms with van der Waals surface area (Å²) in [5.74, 6) is -1.03. The van der Waals surface area contributed by atoms with Gasteiger partial charge < -0.3 is 15.2 Å². The first-order chi connectivity index (χ1) is 11.0. The molecule has 1 amide bonds. The molecule has 1 aromatic carbocycles. The van der Waals surface area contributed by atoms with Gasteiger partial charge in [-0.1, -0.05) is 25.1 Å². The second kappa shape index (κ2) is 8.36. The van der Waals surface area contributed by atoms with E-state index in [9.17, 15) is 9.59 Å². The third-order valence-corrected chi connectivity index (χ3v) is 5.26. The van der Waals surface area contributed by atoms with Gasteiger partial charge >= 0.3 is 5.97 Å². The molecular weight excluding hydrogens is 314 g/mol. The van der Waals surface area contributed by atoms with Crippen molar-refractivity contribution in [1.29, 1.82) is 0 Å². The minimum Gasteiger partial charge on any atom is -0.481 e. The quantitative estimate of drug-likeness (QED) is 0.748. The number of amides is 1. The lowest BCUT2D eigenvalue weighted by Gasteiger charge is -2.37. The van der Waals surface area contributed by atoms with Crippen molar-refractivity contribution in [3.63, 3.8) is 0 Å². The Balaban J connectivity index is 2.05. The van der Waals surface area contributed by atoms with E-state index < -0.39 is 11.5 Å². The van der Waals surface area contributed by atoms with Crippen molar-refractivity contribution in [3.05, 3.63) is 30.3 Å². The van der Waals surface area contributed by atoms with Crippen molar-refractivity contribution in [2.75, 3.05) is 13.2 Å². The maximum atomic E-state index is 12.7. The molecule has 0 saturated carbocycles. The highest BCUT2D eigenvalue weighted by Crippen LogP contribution is 2.28. The molecular formula is C17H23NO4S. The van der Waals surface area contributed by atoms with E-state index >= 15 is 0 Å². The van der Waals surface area contributed by atoms with Crippen molar-refractivity contribution in [2.24, 2.45) is 0 Å². The van der Waals surface area contributed by atoms with Gasteiger partial charge in [0.05, 0.1) is 23.8 Å². The third kappa shape index (κ3) is 5.25. The molecule has 0 aromatic heterocycles. The van der Waals surface area contributed by atoms with Gasteiger partial charge in [0.2, 0.25) is 5.91 Å². The summed E-state index contributed by atoms with van der Waals surface area (Å²) in [6.07, 6.45) is 1.97. The number of carbonyl (C=O) groups is 2. The number of carboxylic acid groups (broad SMARTS) is 1. The van der Waals surface area contributed by atoms with Gasteiger partial charge in [-0.05, 0) is 31.4 Å². The maximum absolute atomic E-state index is 12.7. The number of rotatable bonds is 7. The largest absolute Gasteiger partial charge is 0.481 e. The molecule has 0 spiro atoms. The fraction of sp³-hybridized carbons (Fsp3) is 0.529. The summed E-state index contributed by atoms with van der Waals surface area (Å²) in [6, 6.07) is 9.75. The Bertz CT molecular complexity index is 529. The van der Waals surface area contributed by atoms with Crippen molar-refractivity contribution >= 4 is 23.6 Å². The molecule has 0 aliphatic carbocycles. The zero-order valence-electron chi connectivity index (χ0n) is 13.3. The molecule has 1 saturated heterocycles. The number of carboxylic acids is 1. The lowest BCUT2D eigenvalue weighted by atomic mass is 9.88. The Hall–Kier alpha value is -1.53. The average Bonchev–Trinajstić information content (AvgIpc) is 2.53. The van der Waals surface area contributed by atoms with Crippen LogP contribution < -0.4 is 5.32 Å². The van der Waals surface area contributed by atoms with Crippen molar-refractivity contribution in [3.8, 4) is 0 Å². The Morgan fingerprint density at radius 3 is 2.70 bits per heavy atom.